The Balaban J connectivity index is 1.62. The van der Waals surface area contributed by atoms with Gasteiger partial charge >= 0.3 is 5.97 Å². The van der Waals surface area contributed by atoms with Gasteiger partial charge in [-0.15, -0.1) is 0 Å². The number of carboxylic acid groups (broad SMARTS) is 1. The van der Waals surface area contributed by atoms with Crippen LogP contribution in [0.25, 0.3) is 0 Å². The minimum Gasteiger partial charge on any atom is -0.481 e. The first kappa shape index (κ1) is 23.6. The Morgan fingerprint density at radius 1 is 1.06 bits per heavy atom. The molecular formula is C29H44O4. The zero-order valence-corrected chi connectivity index (χ0v) is 21.2. The lowest BCUT2D eigenvalue weighted by Gasteiger charge is -2.70. The molecule has 0 heterocycles. The molecule has 0 amide bonds. The van der Waals surface area contributed by atoms with E-state index in [-0.39, 0.29) is 28.1 Å². The van der Waals surface area contributed by atoms with E-state index in [0.29, 0.717) is 24.2 Å². The molecule has 0 spiro atoms. The lowest BCUT2D eigenvalue weighted by molar-refractivity contribution is -0.182. The summed E-state index contributed by atoms with van der Waals surface area (Å²) >= 11 is 0. The van der Waals surface area contributed by atoms with Crippen LogP contribution in [0.4, 0.5) is 0 Å². The molecule has 4 saturated carbocycles. The number of aliphatic hydroxyl groups excluding tert-OH is 2. The van der Waals surface area contributed by atoms with Crippen molar-refractivity contribution in [1.82, 2.24) is 0 Å². The van der Waals surface area contributed by atoms with Crippen LogP contribution in [0.2, 0.25) is 0 Å². The minimum atomic E-state index is -0.812. The number of hydrogen-bond acceptors (Lipinski definition) is 3. The SMILES string of the molecule is C=C1[C@@H](O)[C@H](O)C[C@]2(C)[C@H]3CC=C4[C@H]5[C@@H](C)[C@H](C)CC[C@]5(C(=O)O)CC[C@@]4(C)[C@]3(C)CC[C@@H]12. The zero-order valence-electron chi connectivity index (χ0n) is 21.2. The van der Waals surface area contributed by atoms with E-state index in [9.17, 15) is 20.1 Å². The number of fused-ring (bicyclic) bond motifs is 7. The Hall–Kier alpha value is -1.13. The van der Waals surface area contributed by atoms with Gasteiger partial charge in [0.1, 0.15) is 6.10 Å². The topological polar surface area (TPSA) is 77.8 Å². The van der Waals surface area contributed by atoms with Crippen molar-refractivity contribution < 1.29 is 20.1 Å². The number of carboxylic acids is 1. The predicted molar refractivity (Wildman–Crippen MR) is 129 cm³/mol. The van der Waals surface area contributed by atoms with Crippen molar-refractivity contribution in [1.29, 1.82) is 0 Å². The van der Waals surface area contributed by atoms with E-state index < -0.39 is 23.6 Å². The summed E-state index contributed by atoms with van der Waals surface area (Å²) in [5.41, 5.74) is 1.58. The smallest absolute Gasteiger partial charge is 0.310 e. The molecule has 5 aliphatic carbocycles. The maximum absolute atomic E-state index is 12.8. The minimum absolute atomic E-state index is 0.0266. The van der Waals surface area contributed by atoms with E-state index in [1.807, 2.05) is 0 Å². The Bertz CT molecular complexity index is 907. The molecule has 33 heavy (non-hydrogen) atoms. The fraction of sp³-hybridized carbons (Fsp3) is 0.828. The van der Waals surface area contributed by atoms with Gasteiger partial charge in [-0.2, -0.15) is 0 Å². The molecule has 4 nitrogen and oxygen atoms in total. The molecule has 0 radical (unpaired) electrons. The highest BCUT2D eigenvalue weighted by atomic mass is 16.4. The van der Waals surface area contributed by atoms with Crippen LogP contribution in [0, 0.1) is 51.2 Å². The second-order valence-electron chi connectivity index (χ2n) is 13.4. The summed E-state index contributed by atoms with van der Waals surface area (Å²) in [5, 5.41) is 31.8. The van der Waals surface area contributed by atoms with Gasteiger partial charge in [0, 0.05) is 0 Å². The lowest BCUT2D eigenvalue weighted by Crippen LogP contribution is -2.64. The molecule has 0 aromatic carbocycles. The Labute approximate surface area is 199 Å². The van der Waals surface area contributed by atoms with Crippen molar-refractivity contribution >= 4 is 5.97 Å². The highest BCUT2D eigenvalue weighted by Gasteiger charge is 2.68. The second-order valence-corrected chi connectivity index (χ2v) is 13.4. The normalized spacial score (nSPS) is 56.0. The fourth-order valence-electron chi connectivity index (χ4n) is 10.1. The van der Waals surface area contributed by atoms with Crippen LogP contribution in [0.1, 0.15) is 86.0 Å². The molecule has 5 aliphatic rings. The van der Waals surface area contributed by atoms with Crippen LogP contribution in [0.3, 0.4) is 0 Å². The number of allylic oxidation sites excluding steroid dienone is 2. The van der Waals surface area contributed by atoms with Crippen LogP contribution in [0.15, 0.2) is 23.8 Å². The van der Waals surface area contributed by atoms with Crippen molar-refractivity contribution in [3.63, 3.8) is 0 Å². The summed E-state index contributed by atoms with van der Waals surface area (Å²) in [5.74, 6) is 1.09. The quantitative estimate of drug-likeness (QED) is 0.450. The van der Waals surface area contributed by atoms with Crippen LogP contribution >= 0.6 is 0 Å². The van der Waals surface area contributed by atoms with Gasteiger partial charge in [0.2, 0.25) is 0 Å². The maximum Gasteiger partial charge on any atom is 0.310 e. The second kappa shape index (κ2) is 7.20. The molecule has 11 atom stereocenters. The maximum atomic E-state index is 12.8. The first-order valence-corrected chi connectivity index (χ1v) is 13.3. The summed E-state index contributed by atoms with van der Waals surface area (Å²) in [4.78, 5) is 12.8. The van der Waals surface area contributed by atoms with Gasteiger partial charge in [0.15, 0.2) is 0 Å². The summed E-state index contributed by atoms with van der Waals surface area (Å²) in [7, 11) is 0. The number of rotatable bonds is 1. The highest BCUT2D eigenvalue weighted by Crippen LogP contribution is 2.74. The van der Waals surface area contributed by atoms with E-state index in [2.05, 4.69) is 47.3 Å². The lowest BCUT2D eigenvalue weighted by atomic mass is 9.34. The van der Waals surface area contributed by atoms with Crippen LogP contribution in [-0.2, 0) is 4.79 Å². The van der Waals surface area contributed by atoms with Crippen LogP contribution < -0.4 is 0 Å². The molecule has 4 heteroatoms. The summed E-state index contributed by atoms with van der Waals surface area (Å²) in [6, 6.07) is 0. The summed E-state index contributed by atoms with van der Waals surface area (Å²) in [6.45, 7) is 16.1. The Morgan fingerprint density at radius 3 is 2.42 bits per heavy atom. The van der Waals surface area contributed by atoms with Gasteiger partial charge in [-0.25, -0.2) is 0 Å². The van der Waals surface area contributed by atoms with Gasteiger partial charge in [0.25, 0.3) is 0 Å². The predicted octanol–water partition coefficient (Wildman–Crippen LogP) is 5.59. The number of carbonyl (C=O) groups is 1. The van der Waals surface area contributed by atoms with Crippen LogP contribution in [-0.4, -0.2) is 33.5 Å². The molecule has 3 N–H and O–H groups in total. The van der Waals surface area contributed by atoms with Crippen molar-refractivity contribution in [3.8, 4) is 0 Å². The average molecular weight is 457 g/mol. The third kappa shape index (κ3) is 2.74. The number of aliphatic hydroxyl groups is 2. The fourth-order valence-corrected chi connectivity index (χ4v) is 10.1. The molecule has 5 rings (SSSR count). The Kier molecular flexibility index (Phi) is 5.15. The monoisotopic (exact) mass is 456 g/mol. The molecule has 0 aromatic heterocycles. The summed E-state index contributed by atoms with van der Waals surface area (Å²) in [6.07, 6.45) is 8.04. The Morgan fingerprint density at radius 2 is 1.76 bits per heavy atom. The first-order chi connectivity index (χ1) is 15.3. The van der Waals surface area contributed by atoms with Crippen molar-refractivity contribution in [2.45, 2.75) is 98.2 Å². The molecule has 184 valence electrons. The van der Waals surface area contributed by atoms with Gasteiger partial charge in [-0.3, -0.25) is 4.79 Å². The number of hydrogen-bond donors (Lipinski definition) is 3. The van der Waals surface area contributed by atoms with Gasteiger partial charge in [-0.1, -0.05) is 52.8 Å². The van der Waals surface area contributed by atoms with E-state index >= 15 is 0 Å². The van der Waals surface area contributed by atoms with Gasteiger partial charge in [-0.05, 0) is 103 Å². The van der Waals surface area contributed by atoms with Crippen molar-refractivity contribution in [3.05, 3.63) is 23.8 Å². The van der Waals surface area contributed by atoms with Crippen molar-refractivity contribution in [2.75, 3.05) is 0 Å². The molecule has 4 fully saturated rings. The number of aliphatic carboxylic acids is 1. The van der Waals surface area contributed by atoms with E-state index in [1.165, 1.54) is 5.57 Å². The van der Waals surface area contributed by atoms with Crippen LogP contribution in [0.5, 0.6) is 0 Å². The molecule has 0 aliphatic heterocycles. The average Bonchev–Trinajstić information content (AvgIpc) is 2.75. The largest absolute Gasteiger partial charge is 0.481 e. The van der Waals surface area contributed by atoms with Crippen molar-refractivity contribution in [2.24, 2.45) is 51.2 Å². The highest BCUT2D eigenvalue weighted by molar-refractivity contribution is 5.76. The first-order valence-electron chi connectivity index (χ1n) is 13.3. The van der Waals surface area contributed by atoms with E-state index in [4.69, 9.17) is 0 Å². The molecular weight excluding hydrogens is 412 g/mol. The van der Waals surface area contributed by atoms with E-state index in [0.717, 1.165) is 50.5 Å². The standard InChI is InChI=1S/C29H44O4/c1-16-9-12-29(25(32)33)14-13-27(5)20(23(29)17(16)2)7-8-22-26(4)15-21(30)24(31)18(3)19(26)10-11-28(22,27)6/h7,16-17,19,21-24,30-31H,3,8-15H2,1-2,4-6H3,(H,32,33)/t16-,17+,19+,21-,22-,23-,24-,26+,27-,28-,29+/m1/s1. The van der Waals surface area contributed by atoms with Gasteiger partial charge < -0.3 is 15.3 Å². The molecule has 0 unspecified atom stereocenters. The van der Waals surface area contributed by atoms with E-state index in [1.54, 1.807) is 0 Å². The van der Waals surface area contributed by atoms with Gasteiger partial charge in [0.05, 0.1) is 11.5 Å². The molecule has 0 saturated heterocycles. The third-order valence-electron chi connectivity index (χ3n) is 12.5. The molecule has 0 bridgehead atoms. The summed E-state index contributed by atoms with van der Waals surface area (Å²) < 4.78 is 0. The zero-order chi connectivity index (χ0) is 24.1. The molecule has 0 aromatic rings. The third-order valence-corrected chi connectivity index (χ3v) is 12.5.